The van der Waals surface area contributed by atoms with E-state index in [2.05, 4.69) is 47.6 Å². The van der Waals surface area contributed by atoms with Gasteiger partial charge in [0.15, 0.2) is 11.6 Å². The summed E-state index contributed by atoms with van der Waals surface area (Å²) >= 11 is 0. The normalized spacial score (nSPS) is 15.2. The van der Waals surface area contributed by atoms with Gasteiger partial charge in [0, 0.05) is 17.7 Å². The molecule has 0 atom stereocenters. The summed E-state index contributed by atoms with van der Waals surface area (Å²) in [5.74, 6) is 3.33. The van der Waals surface area contributed by atoms with Crippen molar-refractivity contribution in [3.05, 3.63) is 103 Å². The van der Waals surface area contributed by atoms with E-state index in [1.807, 2.05) is 67.0 Å². The molecule has 0 radical (unpaired) electrons. The number of hydrogen-bond acceptors (Lipinski definition) is 3. The molecule has 2 aromatic carbocycles. The lowest BCUT2D eigenvalue weighted by atomic mass is 10.2. The highest BCUT2D eigenvalue weighted by molar-refractivity contribution is 5.62. The fraction of sp³-hybridized carbons (Fsp3) is 0.160. The second-order valence-electron chi connectivity index (χ2n) is 6.70. The van der Waals surface area contributed by atoms with E-state index < -0.39 is 0 Å². The molecule has 0 bridgehead atoms. The van der Waals surface area contributed by atoms with E-state index in [1.54, 1.807) is 0 Å². The van der Waals surface area contributed by atoms with Crippen LogP contribution in [0.2, 0.25) is 0 Å². The van der Waals surface area contributed by atoms with Gasteiger partial charge >= 0.3 is 5.89 Å². The van der Waals surface area contributed by atoms with Crippen molar-refractivity contribution in [2.24, 2.45) is 0 Å². The Balaban J connectivity index is 1.54. The Morgan fingerprint density at radius 3 is 2.28 bits per heavy atom. The first-order chi connectivity index (χ1) is 14.3. The summed E-state index contributed by atoms with van der Waals surface area (Å²) in [5, 5.41) is 0. The Kier molecular flexibility index (Phi) is 5.61. The molecule has 0 saturated heterocycles. The maximum absolute atomic E-state index is 6.08. The Morgan fingerprint density at radius 2 is 1.62 bits per heavy atom. The van der Waals surface area contributed by atoms with E-state index >= 15 is 0 Å². The first kappa shape index (κ1) is 18.8. The topological polar surface area (TPSA) is 29.5 Å². The third-order valence-electron chi connectivity index (χ3n) is 4.82. The minimum Gasteiger partial charge on any atom is -0.439 e. The van der Waals surface area contributed by atoms with Crippen LogP contribution in [0.5, 0.6) is 0 Å². The van der Waals surface area contributed by atoms with E-state index in [9.17, 15) is 0 Å². The highest BCUT2D eigenvalue weighted by atomic mass is 16.5. The number of rotatable bonds is 6. The van der Waals surface area contributed by atoms with Gasteiger partial charge in [-0.25, -0.2) is 0 Å². The number of oxazole rings is 1. The van der Waals surface area contributed by atoms with Crippen LogP contribution in [0, 0.1) is 0 Å². The first-order valence-electron chi connectivity index (χ1n) is 9.97. The van der Waals surface area contributed by atoms with Gasteiger partial charge in [-0.05, 0) is 26.0 Å². The van der Waals surface area contributed by atoms with Crippen molar-refractivity contribution in [1.29, 1.82) is 0 Å². The van der Waals surface area contributed by atoms with Crippen LogP contribution in [0.4, 0.5) is 0 Å². The van der Waals surface area contributed by atoms with Gasteiger partial charge in [-0.1, -0.05) is 60.7 Å². The molecule has 1 aliphatic heterocycles. The zero-order valence-electron chi connectivity index (χ0n) is 16.8. The summed E-state index contributed by atoms with van der Waals surface area (Å²) in [6, 6.07) is 20.3. The molecule has 146 valence electrons. The van der Waals surface area contributed by atoms with Gasteiger partial charge in [0.2, 0.25) is 12.0 Å². The molecule has 2 heterocycles. The lowest BCUT2D eigenvalue weighted by Crippen LogP contribution is -2.32. The molecule has 0 spiro atoms. The van der Waals surface area contributed by atoms with Crippen LogP contribution in [-0.2, 0) is 11.3 Å². The number of allylic oxidation sites excluding steroid dienone is 2. The van der Waals surface area contributed by atoms with Gasteiger partial charge in [0.05, 0.1) is 12.3 Å². The van der Waals surface area contributed by atoms with Crippen LogP contribution in [0.3, 0.4) is 0 Å². The summed E-state index contributed by atoms with van der Waals surface area (Å²) in [7, 11) is 0. The van der Waals surface area contributed by atoms with Gasteiger partial charge in [0.1, 0.15) is 6.54 Å². The summed E-state index contributed by atoms with van der Waals surface area (Å²) in [5.41, 5.74) is 2.14. The first-order valence-corrected chi connectivity index (χ1v) is 9.97. The molecular formula is C25H25N2O2+. The molecule has 1 aromatic heterocycles. The lowest BCUT2D eigenvalue weighted by molar-refractivity contribution is -0.698. The molecule has 0 N–H and O–H groups in total. The second kappa shape index (κ2) is 8.65. The number of nitrogens with zero attached hydrogens (tertiary/aromatic N) is 2. The highest BCUT2D eigenvalue weighted by Crippen LogP contribution is 2.29. The van der Waals surface area contributed by atoms with Crippen molar-refractivity contribution in [3.8, 4) is 11.3 Å². The Labute approximate surface area is 171 Å². The second-order valence-corrected chi connectivity index (χ2v) is 6.70. The Bertz CT molecular complexity index is 1050. The van der Waals surface area contributed by atoms with Crippen LogP contribution in [0.1, 0.15) is 25.3 Å². The molecular weight excluding hydrogens is 360 g/mol. The van der Waals surface area contributed by atoms with E-state index in [1.165, 1.54) is 0 Å². The van der Waals surface area contributed by atoms with Crippen molar-refractivity contribution in [1.82, 2.24) is 4.90 Å². The molecule has 3 aromatic rings. The fourth-order valence-electron chi connectivity index (χ4n) is 3.24. The number of benzene rings is 2. The smallest absolute Gasteiger partial charge is 0.373 e. The lowest BCUT2D eigenvalue weighted by Gasteiger charge is -2.12. The van der Waals surface area contributed by atoms with Crippen LogP contribution in [-0.4, -0.2) is 11.4 Å². The van der Waals surface area contributed by atoms with Gasteiger partial charge in [-0.15, -0.1) is 0 Å². The van der Waals surface area contributed by atoms with Crippen molar-refractivity contribution in [2.45, 2.75) is 20.4 Å². The minimum absolute atomic E-state index is 0.806. The molecule has 4 rings (SSSR count). The number of ether oxygens (including phenoxy) is 1. The van der Waals surface area contributed by atoms with Gasteiger partial charge in [-0.2, -0.15) is 4.57 Å². The van der Waals surface area contributed by atoms with Crippen molar-refractivity contribution in [3.63, 3.8) is 0 Å². The van der Waals surface area contributed by atoms with E-state index in [-0.39, 0.29) is 0 Å². The summed E-state index contributed by atoms with van der Waals surface area (Å²) in [4.78, 5) is 2.10. The quantitative estimate of drug-likeness (QED) is 0.528. The average molecular weight is 385 g/mol. The summed E-state index contributed by atoms with van der Waals surface area (Å²) < 4.78 is 14.3. The zero-order valence-corrected chi connectivity index (χ0v) is 16.8. The molecule has 0 fully saturated rings. The summed E-state index contributed by atoms with van der Waals surface area (Å²) in [6.07, 6.45) is 10.0. The average Bonchev–Trinajstić information content (AvgIpc) is 3.39. The Morgan fingerprint density at radius 1 is 0.931 bits per heavy atom. The third-order valence-corrected chi connectivity index (χ3v) is 4.82. The monoisotopic (exact) mass is 385 g/mol. The van der Waals surface area contributed by atoms with Crippen molar-refractivity contribution >= 4 is 11.8 Å². The van der Waals surface area contributed by atoms with E-state index in [4.69, 9.17) is 9.15 Å². The maximum atomic E-state index is 6.08. The zero-order chi connectivity index (χ0) is 20.1. The molecule has 29 heavy (non-hydrogen) atoms. The third kappa shape index (κ3) is 4.16. The minimum atomic E-state index is 0.806. The van der Waals surface area contributed by atoms with Gasteiger partial charge in [0.25, 0.3) is 0 Å². The van der Waals surface area contributed by atoms with Crippen molar-refractivity contribution in [2.75, 3.05) is 6.54 Å². The number of hydrogen-bond donors (Lipinski definition) is 0. The number of aryl methyl sites for hydroxylation is 1. The molecule has 1 aliphatic rings. The fourth-order valence-corrected chi connectivity index (χ4v) is 3.24. The maximum Gasteiger partial charge on any atom is 0.373 e. The van der Waals surface area contributed by atoms with Crippen LogP contribution < -0.4 is 4.57 Å². The molecule has 4 heteroatoms. The van der Waals surface area contributed by atoms with E-state index in [0.717, 1.165) is 47.5 Å². The van der Waals surface area contributed by atoms with Gasteiger partial charge in [-0.3, -0.25) is 0 Å². The molecule has 0 saturated carbocycles. The standard InChI is InChI=1S/C25H25N2O2/c1-3-26-18-22(20-12-7-5-8-13-20)28-24(26)16-11-17-25-27(4-2)19-23(29-25)21-14-9-6-10-15-21/h5-19H,3-4H2,1-2H3/q+1. The van der Waals surface area contributed by atoms with Crippen molar-refractivity contribution < 1.29 is 13.7 Å². The number of aromatic nitrogens is 1. The van der Waals surface area contributed by atoms with Crippen LogP contribution in [0.15, 0.2) is 95.5 Å². The van der Waals surface area contributed by atoms with Crippen LogP contribution in [0.25, 0.3) is 23.2 Å². The largest absolute Gasteiger partial charge is 0.439 e. The van der Waals surface area contributed by atoms with Crippen LogP contribution >= 0.6 is 0 Å². The molecule has 0 amide bonds. The molecule has 4 nitrogen and oxygen atoms in total. The SMILES string of the molecule is CCN1C=C(c2ccccc2)O/C1=C\C=C\c1oc(-c2ccccc2)c[n+]1CC. The molecule has 0 aliphatic carbocycles. The van der Waals surface area contributed by atoms with Gasteiger partial charge < -0.3 is 14.1 Å². The predicted molar refractivity (Wildman–Crippen MR) is 115 cm³/mol. The molecule has 0 unspecified atom stereocenters. The summed E-state index contributed by atoms with van der Waals surface area (Å²) in [6.45, 7) is 5.89. The van der Waals surface area contributed by atoms with E-state index in [0.29, 0.717) is 0 Å². The highest BCUT2D eigenvalue weighted by Gasteiger charge is 2.20. The Hall–Kier alpha value is -3.53. The predicted octanol–water partition coefficient (Wildman–Crippen LogP) is 5.46.